The molecule has 2 bridgehead atoms. The zero-order valence-corrected chi connectivity index (χ0v) is 11.0. The van der Waals surface area contributed by atoms with Crippen molar-refractivity contribution >= 4 is 35.0 Å². The van der Waals surface area contributed by atoms with Gasteiger partial charge in [0.15, 0.2) is 9.75 Å². The van der Waals surface area contributed by atoms with E-state index in [1.807, 2.05) is 0 Å². The lowest BCUT2D eigenvalue weighted by molar-refractivity contribution is -0.248. The van der Waals surface area contributed by atoms with Crippen molar-refractivity contribution in [1.82, 2.24) is 0 Å². The van der Waals surface area contributed by atoms with Crippen LogP contribution < -0.4 is 0 Å². The molecular weight excluding hydrogens is 287 g/mol. The highest BCUT2D eigenvalue weighted by Gasteiger charge is 2.96. The van der Waals surface area contributed by atoms with Crippen LogP contribution in [0.5, 0.6) is 0 Å². The van der Waals surface area contributed by atoms with Crippen LogP contribution in [0.1, 0.15) is 6.42 Å². The Balaban J connectivity index is 2.35. The summed E-state index contributed by atoms with van der Waals surface area (Å²) in [5.41, 5.74) is 0. The van der Waals surface area contributed by atoms with Crippen molar-refractivity contribution in [2.45, 2.75) is 27.7 Å². The Morgan fingerprint density at radius 2 is 1.89 bits per heavy atom. The molecule has 2 saturated carbocycles. The van der Waals surface area contributed by atoms with E-state index in [2.05, 4.69) is 0 Å². The zero-order valence-electron chi connectivity index (χ0n) is 9.53. The van der Waals surface area contributed by atoms with Gasteiger partial charge in [-0.2, -0.15) is 0 Å². The van der Waals surface area contributed by atoms with E-state index in [0.717, 1.165) is 0 Å². The van der Waals surface area contributed by atoms with Crippen LogP contribution in [-0.4, -0.2) is 52.4 Å². The Kier molecular flexibility index (Phi) is 2.12. The lowest BCUT2D eigenvalue weighted by atomic mass is 9.85. The normalized spacial score (nSPS) is 51.9. The van der Waals surface area contributed by atoms with Crippen molar-refractivity contribution < 1.29 is 28.9 Å². The lowest BCUT2D eigenvalue weighted by Gasteiger charge is -2.38. The van der Waals surface area contributed by atoms with E-state index in [1.165, 1.54) is 14.2 Å². The fourth-order valence-electron chi connectivity index (χ4n) is 3.50. The first-order valence-corrected chi connectivity index (χ1v) is 5.99. The number of methoxy groups -OCH3 is 2. The highest BCUT2D eigenvalue weighted by atomic mass is 35.5. The van der Waals surface area contributed by atoms with Gasteiger partial charge in [0.1, 0.15) is 0 Å². The number of ketones is 1. The number of carbonyl (C=O) groups is 2. The molecule has 100 valence electrons. The highest BCUT2D eigenvalue weighted by molar-refractivity contribution is 6.45. The van der Waals surface area contributed by atoms with Crippen LogP contribution in [0, 0.1) is 5.92 Å². The molecule has 8 heteroatoms. The number of hydrogen-bond donors (Lipinski definition) is 1. The third-order valence-corrected chi connectivity index (χ3v) is 5.58. The summed E-state index contributed by atoms with van der Waals surface area (Å²) in [6.07, 6.45) is -0.0975. The summed E-state index contributed by atoms with van der Waals surface area (Å²) in [5.74, 6) is -6.97. The minimum atomic E-state index is -2.51. The maximum atomic E-state index is 12.2. The largest absolute Gasteiger partial charge is 0.423 e. The number of hydrogen-bond acceptors (Lipinski definition) is 6. The molecule has 0 aromatic carbocycles. The summed E-state index contributed by atoms with van der Waals surface area (Å²) in [7, 11) is 2.49. The summed E-state index contributed by atoms with van der Waals surface area (Å²) in [4.78, 5) is 20.3. The van der Waals surface area contributed by atoms with Gasteiger partial charge in [0.2, 0.25) is 11.6 Å². The fraction of sp³-hybridized carbons (Fsp3) is 0.800. The summed E-state index contributed by atoms with van der Waals surface area (Å²) >= 11 is 12.6. The van der Waals surface area contributed by atoms with Gasteiger partial charge in [0.25, 0.3) is 5.79 Å². The number of carbonyl (C=O) groups excluding carboxylic acids is 2. The molecule has 0 amide bonds. The highest BCUT2D eigenvalue weighted by Crippen LogP contribution is 2.72. The smallest absolute Gasteiger partial charge is 0.314 e. The van der Waals surface area contributed by atoms with E-state index in [4.69, 9.17) is 37.4 Å². The van der Waals surface area contributed by atoms with Gasteiger partial charge in [-0.25, -0.2) is 0 Å². The van der Waals surface area contributed by atoms with Crippen LogP contribution in [0.25, 0.3) is 0 Å². The first-order valence-electron chi connectivity index (χ1n) is 5.23. The number of halogens is 2. The van der Waals surface area contributed by atoms with E-state index in [-0.39, 0.29) is 6.42 Å². The average Bonchev–Trinajstić information content (AvgIpc) is 2.66. The molecule has 0 aromatic heterocycles. The Morgan fingerprint density at radius 1 is 1.33 bits per heavy atom. The Bertz CT molecular complexity index is 477. The maximum absolute atomic E-state index is 12.2. The lowest BCUT2D eigenvalue weighted by Crippen LogP contribution is -2.60. The van der Waals surface area contributed by atoms with Crippen LogP contribution in [0.2, 0.25) is 0 Å². The Morgan fingerprint density at radius 3 is 2.33 bits per heavy atom. The maximum Gasteiger partial charge on any atom is 0.314 e. The third kappa shape index (κ3) is 0.797. The monoisotopic (exact) mass is 296 g/mol. The number of esters is 1. The number of Topliss-reactive ketones (excluding diaryl/α,β-unsaturated/α-hetero) is 1. The molecule has 18 heavy (non-hydrogen) atoms. The molecule has 0 unspecified atom stereocenters. The van der Waals surface area contributed by atoms with Gasteiger partial charge in [-0.15, -0.1) is 23.2 Å². The number of rotatable bonds is 2. The molecule has 0 spiro atoms. The number of aliphatic hydroxyl groups is 1. The van der Waals surface area contributed by atoms with Gasteiger partial charge in [-0.3, -0.25) is 9.59 Å². The molecule has 1 heterocycles. The first kappa shape index (κ1) is 12.6. The minimum absolute atomic E-state index is 0.0975. The number of fused-ring (bicyclic) bond motifs is 1. The Hall–Kier alpha value is -0.400. The molecule has 6 nitrogen and oxygen atoms in total. The second-order valence-electron chi connectivity index (χ2n) is 4.69. The van der Waals surface area contributed by atoms with Gasteiger partial charge in [-0.1, -0.05) is 0 Å². The molecule has 0 aromatic rings. The summed E-state index contributed by atoms with van der Waals surface area (Å²) in [6.45, 7) is 0. The van der Waals surface area contributed by atoms with E-state index in [9.17, 15) is 14.7 Å². The second kappa shape index (κ2) is 3.02. The fourth-order valence-corrected chi connectivity index (χ4v) is 4.74. The van der Waals surface area contributed by atoms with E-state index in [1.54, 1.807) is 0 Å². The van der Waals surface area contributed by atoms with Crippen molar-refractivity contribution in [3.8, 4) is 0 Å². The van der Waals surface area contributed by atoms with Crippen LogP contribution in [0.3, 0.4) is 0 Å². The SMILES string of the molecule is COC1(OC)[C@@]2(Cl)C[C@@H]3C(=O)O[C@](O)(C2=O)[C@@]31Cl. The quantitative estimate of drug-likeness (QED) is 0.431. The molecule has 3 aliphatic rings. The van der Waals surface area contributed by atoms with Crippen molar-refractivity contribution in [1.29, 1.82) is 0 Å². The van der Waals surface area contributed by atoms with Gasteiger partial charge in [0, 0.05) is 14.2 Å². The molecule has 4 atom stereocenters. The summed E-state index contributed by atoms with van der Waals surface area (Å²) in [5, 5.41) is 10.3. The summed E-state index contributed by atoms with van der Waals surface area (Å²) in [6, 6.07) is 0. The molecule has 1 saturated heterocycles. The predicted octanol–water partition coefficient (Wildman–Crippen LogP) is -0.221. The molecule has 1 N–H and O–H groups in total. The molecule has 2 aliphatic carbocycles. The van der Waals surface area contributed by atoms with E-state index in [0.29, 0.717) is 0 Å². The number of alkyl halides is 2. The molecule has 3 rings (SSSR count). The minimum Gasteiger partial charge on any atom is -0.423 e. The zero-order chi connectivity index (χ0) is 13.6. The van der Waals surface area contributed by atoms with Gasteiger partial charge in [-0.05, 0) is 6.42 Å². The van der Waals surface area contributed by atoms with Crippen molar-refractivity contribution in [2.75, 3.05) is 14.2 Å². The number of ether oxygens (including phenoxy) is 3. The molecule has 0 radical (unpaired) electrons. The third-order valence-electron chi connectivity index (χ3n) is 4.23. The average molecular weight is 297 g/mol. The van der Waals surface area contributed by atoms with Gasteiger partial charge < -0.3 is 19.3 Å². The van der Waals surface area contributed by atoms with E-state index >= 15 is 0 Å². The van der Waals surface area contributed by atoms with Crippen LogP contribution in [0.15, 0.2) is 0 Å². The topological polar surface area (TPSA) is 82.1 Å². The molecule has 1 aliphatic heterocycles. The first-order chi connectivity index (χ1) is 8.25. The van der Waals surface area contributed by atoms with Crippen molar-refractivity contribution in [3.63, 3.8) is 0 Å². The standard InChI is InChI=1S/C10H10Cl2O6/c1-16-10(17-2)7(11)3-4-5(13)18-9(15,6(7)14)8(4,10)12/h4,15H,3H2,1-2H3/t4-,7-,8+,9-/m1/s1. The van der Waals surface area contributed by atoms with Gasteiger partial charge >= 0.3 is 5.97 Å². The van der Waals surface area contributed by atoms with Crippen LogP contribution in [-0.2, 0) is 23.8 Å². The van der Waals surface area contributed by atoms with E-state index < -0.39 is 39.0 Å². The van der Waals surface area contributed by atoms with Crippen molar-refractivity contribution in [2.24, 2.45) is 5.92 Å². The van der Waals surface area contributed by atoms with Gasteiger partial charge in [0.05, 0.1) is 5.92 Å². The second-order valence-corrected chi connectivity index (χ2v) is 5.93. The summed E-state index contributed by atoms with van der Waals surface area (Å²) < 4.78 is 15.2. The van der Waals surface area contributed by atoms with Crippen LogP contribution in [0.4, 0.5) is 0 Å². The Labute approximate surface area is 112 Å². The van der Waals surface area contributed by atoms with Crippen LogP contribution >= 0.6 is 23.2 Å². The van der Waals surface area contributed by atoms with Crippen molar-refractivity contribution in [3.05, 3.63) is 0 Å². The molecular formula is C10H10Cl2O6. The predicted molar refractivity (Wildman–Crippen MR) is 58.1 cm³/mol. The molecule has 3 fully saturated rings.